The number of carbonyl (C=O) groups excluding carboxylic acids is 1. The van der Waals surface area contributed by atoms with Crippen molar-refractivity contribution in [2.24, 2.45) is 0 Å². The summed E-state index contributed by atoms with van der Waals surface area (Å²) in [6, 6.07) is 7.64. The van der Waals surface area contributed by atoms with Gasteiger partial charge in [0, 0.05) is 12.0 Å². The van der Waals surface area contributed by atoms with Crippen LogP contribution in [0.3, 0.4) is 0 Å². The predicted octanol–water partition coefficient (Wildman–Crippen LogP) is 3.98. The number of pyridine rings is 1. The molecule has 3 rings (SSSR count). The van der Waals surface area contributed by atoms with Gasteiger partial charge in [0.05, 0.1) is 20.6 Å². The van der Waals surface area contributed by atoms with Gasteiger partial charge in [0.1, 0.15) is 0 Å². The fourth-order valence-electron chi connectivity index (χ4n) is 2.09. The molecule has 0 unspecified atom stereocenters. The lowest BCUT2D eigenvalue weighted by Crippen LogP contribution is -2.12. The second-order valence-corrected chi connectivity index (χ2v) is 5.79. The first-order valence-corrected chi connectivity index (χ1v) is 6.72. The van der Waals surface area contributed by atoms with Crippen molar-refractivity contribution >= 4 is 28.7 Å². The van der Waals surface area contributed by atoms with E-state index in [4.69, 9.17) is 11.6 Å². The van der Waals surface area contributed by atoms with Gasteiger partial charge in [0.25, 0.3) is 0 Å². The Kier molecular flexibility index (Phi) is 2.73. The van der Waals surface area contributed by atoms with Crippen molar-refractivity contribution in [1.29, 1.82) is 0 Å². The predicted molar refractivity (Wildman–Crippen MR) is 69.8 cm³/mol. The second kappa shape index (κ2) is 4.24. The fourth-order valence-corrected chi connectivity index (χ4v) is 3.10. The molecule has 2 aromatic heterocycles. The molecule has 0 aliphatic heterocycles. The number of thiophene rings is 1. The molecule has 0 amide bonds. The number of nitrogens with zero attached hydrogens (tertiary/aromatic N) is 1. The Labute approximate surface area is 108 Å². The molecule has 0 fully saturated rings. The average Bonchev–Trinajstić information content (AvgIpc) is 2.76. The van der Waals surface area contributed by atoms with E-state index in [1.165, 1.54) is 11.3 Å². The Morgan fingerprint density at radius 1 is 1.18 bits per heavy atom. The number of fused-ring (bicyclic) bond motifs is 1. The van der Waals surface area contributed by atoms with Gasteiger partial charge in [0.2, 0.25) is 0 Å². The highest BCUT2D eigenvalue weighted by molar-refractivity contribution is 7.19. The molecule has 0 aromatic carbocycles. The van der Waals surface area contributed by atoms with Crippen LogP contribution in [0.5, 0.6) is 0 Å². The van der Waals surface area contributed by atoms with Gasteiger partial charge in [0.15, 0.2) is 5.78 Å². The molecule has 0 spiro atoms. The van der Waals surface area contributed by atoms with Crippen LogP contribution in [0.4, 0.5) is 0 Å². The molecule has 0 atom stereocenters. The Hall–Kier alpha value is -1.19. The summed E-state index contributed by atoms with van der Waals surface area (Å²) in [4.78, 5) is 17.3. The van der Waals surface area contributed by atoms with Gasteiger partial charge in [-0.3, -0.25) is 9.78 Å². The molecule has 0 radical (unpaired) electrons. The summed E-state index contributed by atoms with van der Waals surface area (Å²) in [6.07, 6.45) is 2.46. The number of aromatic nitrogens is 1. The highest BCUT2D eigenvalue weighted by atomic mass is 35.5. The van der Waals surface area contributed by atoms with Gasteiger partial charge in [-0.05, 0) is 37.1 Å². The summed E-state index contributed by atoms with van der Waals surface area (Å²) >= 11 is 7.42. The Balaban J connectivity index is 2.06. The molecule has 0 saturated carbocycles. The van der Waals surface area contributed by atoms with Gasteiger partial charge >= 0.3 is 0 Å². The van der Waals surface area contributed by atoms with Gasteiger partial charge in [-0.15, -0.1) is 11.3 Å². The van der Waals surface area contributed by atoms with Crippen LogP contribution < -0.4 is 0 Å². The van der Waals surface area contributed by atoms with Gasteiger partial charge in [-0.1, -0.05) is 11.6 Å². The largest absolute Gasteiger partial charge is 0.294 e. The molecular weight excluding hydrogens is 254 g/mol. The molecular formula is C13H10ClNOS. The number of carbonyl (C=O) groups is 1. The van der Waals surface area contributed by atoms with Crippen LogP contribution in [0.2, 0.25) is 4.34 Å². The van der Waals surface area contributed by atoms with E-state index in [1.54, 1.807) is 0 Å². The van der Waals surface area contributed by atoms with Crippen molar-refractivity contribution < 1.29 is 4.79 Å². The molecule has 4 heteroatoms. The maximum Gasteiger partial charge on any atom is 0.164 e. The summed E-state index contributed by atoms with van der Waals surface area (Å²) < 4.78 is 0.760. The summed E-state index contributed by atoms with van der Waals surface area (Å²) in [5.41, 5.74) is 2.64. The van der Waals surface area contributed by atoms with Gasteiger partial charge < -0.3 is 0 Å². The fraction of sp³-hybridized carbons (Fsp3) is 0.231. The molecule has 0 bridgehead atoms. The number of ketones is 1. The smallest absolute Gasteiger partial charge is 0.164 e. The Bertz CT molecular complexity index is 591. The minimum Gasteiger partial charge on any atom is -0.294 e. The van der Waals surface area contributed by atoms with Crippen molar-refractivity contribution in [2.45, 2.75) is 19.3 Å². The lowest BCUT2D eigenvalue weighted by atomic mass is 9.94. The first-order valence-electron chi connectivity index (χ1n) is 5.53. The summed E-state index contributed by atoms with van der Waals surface area (Å²) in [5, 5.41) is 0. The molecule has 2 aromatic rings. The highest BCUT2D eigenvalue weighted by Crippen LogP contribution is 2.31. The second-order valence-electron chi connectivity index (χ2n) is 4.07. The molecule has 2 heterocycles. The number of aryl methyl sites for hydroxylation is 1. The Morgan fingerprint density at radius 2 is 2.06 bits per heavy atom. The lowest BCUT2D eigenvalue weighted by molar-refractivity contribution is 0.0971. The van der Waals surface area contributed by atoms with E-state index in [9.17, 15) is 4.79 Å². The quantitative estimate of drug-likeness (QED) is 0.779. The zero-order chi connectivity index (χ0) is 11.8. The number of halogens is 1. The van der Waals surface area contributed by atoms with Crippen LogP contribution in [0.15, 0.2) is 24.3 Å². The molecule has 86 valence electrons. The van der Waals surface area contributed by atoms with Crippen molar-refractivity contribution in [2.75, 3.05) is 0 Å². The summed E-state index contributed by atoms with van der Waals surface area (Å²) in [5.74, 6) is 0.217. The van der Waals surface area contributed by atoms with Crippen LogP contribution in [-0.2, 0) is 6.42 Å². The van der Waals surface area contributed by atoms with E-state index in [0.717, 1.165) is 39.0 Å². The van der Waals surface area contributed by atoms with E-state index in [1.807, 2.05) is 24.3 Å². The zero-order valence-corrected chi connectivity index (χ0v) is 10.6. The van der Waals surface area contributed by atoms with Crippen molar-refractivity contribution in [3.63, 3.8) is 0 Å². The maximum absolute atomic E-state index is 11.7. The average molecular weight is 264 g/mol. The Morgan fingerprint density at radius 3 is 2.82 bits per heavy atom. The van der Waals surface area contributed by atoms with E-state index in [0.29, 0.717) is 6.42 Å². The van der Waals surface area contributed by atoms with E-state index >= 15 is 0 Å². The maximum atomic E-state index is 11.7. The zero-order valence-electron chi connectivity index (χ0n) is 9.07. The summed E-state index contributed by atoms with van der Waals surface area (Å²) in [6.45, 7) is 0. The topological polar surface area (TPSA) is 30.0 Å². The van der Waals surface area contributed by atoms with Crippen LogP contribution in [0.1, 0.15) is 28.9 Å². The third-order valence-electron chi connectivity index (χ3n) is 2.92. The molecule has 17 heavy (non-hydrogen) atoms. The standard InChI is InChI=1S/C13H10ClNOS/c14-13-7-6-12(17-13)10-5-4-8-9(15-10)2-1-3-11(8)16/h4-7H,1-3H2. The lowest BCUT2D eigenvalue weighted by Gasteiger charge is -2.13. The number of rotatable bonds is 1. The van der Waals surface area contributed by atoms with E-state index in [-0.39, 0.29) is 5.78 Å². The van der Waals surface area contributed by atoms with Crippen LogP contribution in [-0.4, -0.2) is 10.8 Å². The van der Waals surface area contributed by atoms with E-state index < -0.39 is 0 Å². The molecule has 2 nitrogen and oxygen atoms in total. The first-order chi connectivity index (χ1) is 8.24. The number of Topliss-reactive ketones (excluding diaryl/α,β-unsaturated/α-hetero) is 1. The third-order valence-corrected chi connectivity index (χ3v) is 4.17. The molecule has 0 N–H and O–H groups in total. The van der Waals surface area contributed by atoms with Gasteiger partial charge in [-0.2, -0.15) is 0 Å². The summed E-state index contributed by atoms with van der Waals surface area (Å²) in [7, 11) is 0. The van der Waals surface area contributed by atoms with Crippen LogP contribution in [0.25, 0.3) is 10.6 Å². The normalized spacial score (nSPS) is 14.8. The monoisotopic (exact) mass is 263 g/mol. The number of hydrogen-bond donors (Lipinski definition) is 0. The number of hydrogen-bond acceptors (Lipinski definition) is 3. The molecule has 0 saturated heterocycles. The minimum atomic E-state index is 0.217. The van der Waals surface area contributed by atoms with Gasteiger partial charge in [-0.25, -0.2) is 0 Å². The third kappa shape index (κ3) is 2.01. The van der Waals surface area contributed by atoms with Crippen LogP contribution in [0, 0.1) is 0 Å². The first kappa shape index (κ1) is 10.9. The van der Waals surface area contributed by atoms with Crippen molar-refractivity contribution in [3.8, 4) is 10.6 Å². The van der Waals surface area contributed by atoms with Crippen LogP contribution >= 0.6 is 22.9 Å². The molecule has 1 aliphatic carbocycles. The highest BCUT2D eigenvalue weighted by Gasteiger charge is 2.18. The SMILES string of the molecule is O=C1CCCc2nc(-c3ccc(Cl)s3)ccc21. The van der Waals surface area contributed by atoms with Crippen molar-refractivity contribution in [1.82, 2.24) is 4.98 Å². The minimum absolute atomic E-state index is 0.217. The molecule has 1 aliphatic rings. The van der Waals surface area contributed by atoms with E-state index in [2.05, 4.69) is 4.98 Å². The van der Waals surface area contributed by atoms with Crippen molar-refractivity contribution in [3.05, 3.63) is 39.9 Å².